The van der Waals surface area contributed by atoms with Crippen LogP contribution in [-0.4, -0.2) is 23.5 Å². The van der Waals surface area contributed by atoms with E-state index in [4.69, 9.17) is 4.74 Å². The molecule has 148 valence electrons. The number of pyridine rings is 1. The molecule has 28 heavy (non-hydrogen) atoms. The molecule has 2 N–H and O–H groups in total. The van der Waals surface area contributed by atoms with Gasteiger partial charge in [-0.05, 0) is 54.9 Å². The Kier molecular flexibility index (Phi) is 7.41. The van der Waals surface area contributed by atoms with Crippen molar-refractivity contribution in [3.05, 3.63) is 66.0 Å². The molecule has 0 bridgehead atoms. The van der Waals surface area contributed by atoms with E-state index in [2.05, 4.69) is 15.6 Å². The maximum Gasteiger partial charge on any atom is 0.407 e. The van der Waals surface area contributed by atoms with E-state index in [1.54, 1.807) is 12.4 Å². The van der Waals surface area contributed by atoms with E-state index in [0.29, 0.717) is 19.0 Å². The van der Waals surface area contributed by atoms with Gasteiger partial charge in [0, 0.05) is 31.4 Å². The standard InChI is InChI=1S/C22H27N3O3/c26-21(24-14-18-10-12-23-13-11-18)20-8-6-17(7-9-20)15-25-22(27)28-16-19-4-2-1-3-5-19/h1-5,10-13,17,20H,6-9,14-16H2,(H,24,26)(H,25,27)/t17-,20-. The quantitative estimate of drug-likeness (QED) is 0.770. The van der Waals surface area contributed by atoms with E-state index in [9.17, 15) is 9.59 Å². The average molecular weight is 381 g/mol. The smallest absolute Gasteiger partial charge is 0.407 e. The van der Waals surface area contributed by atoms with Gasteiger partial charge in [-0.15, -0.1) is 0 Å². The summed E-state index contributed by atoms with van der Waals surface area (Å²) in [5.41, 5.74) is 2.02. The van der Waals surface area contributed by atoms with Gasteiger partial charge in [-0.25, -0.2) is 4.79 Å². The fraction of sp³-hybridized carbons (Fsp3) is 0.409. The van der Waals surface area contributed by atoms with Crippen molar-refractivity contribution >= 4 is 12.0 Å². The molecule has 1 aromatic heterocycles. The summed E-state index contributed by atoms with van der Waals surface area (Å²) in [4.78, 5) is 28.2. The molecule has 6 heteroatoms. The average Bonchev–Trinajstić information content (AvgIpc) is 2.76. The third kappa shape index (κ3) is 6.37. The molecule has 6 nitrogen and oxygen atoms in total. The van der Waals surface area contributed by atoms with E-state index in [1.807, 2.05) is 42.5 Å². The van der Waals surface area contributed by atoms with E-state index in [-0.39, 0.29) is 24.5 Å². The van der Waals surface area contributed by atoms with Gasteiger partial charge in [-0.1, -0.05) is 30.3 Å². The van der Waals surface area contributed by atoms with Gasteiger partial charge < -0.3 is 15.4 Å². The zero-order chi connectivity index (χ0) is 19.6. The van der Waals surface area contributed by atoms with Gasteiger partial charge in [-0.2, -0.15) is 0 Å². The number of aromatic nitrogens is 1. The molecule has 1 heterocycles. The first-order valence-corrected chi connectivity index (χ1v) is 9.82. The van der Waals surface area contributed by atoms with Crippen LogP contribution in [0.4, 0.5) is 4.79 Å². The SMILES string of the molecule is O=C(NC[C@H]1CC[C@H](C(=O)NCc2ccncc2)CC1)OCc1ccccc1. The fourth-order valence-corrected chi connectivity index (χ4v) is 3.46. The van der Waals surface area contributed by atoms with E-state index < -0.39 is 0 Å². The predicted octanol–water partition coefficient (Wildman–Crippen LogP) is 3.43. The Morgan fingerprint density at radius 1 is 0.929 bits per heavy atom. The monoisotopic (exact) mass is 381 g/mol. The molecule has 1 aromatic carbocycles. The minimum Gasteiger partial charge on any atom is -0.445 e. The Morgan fingerprint density at radius 3 is 2.36 bits per heavy atom. The van der Waals surface area contributed by atoms with Crippen molar-refractivity contribution in [3.8, 4) is 0 Å². The Morgan fingerprint density at radius 2 is 1.64 bits per heavy atom. The third-order valence-corrected chi connectivity index (χ3v) is 5.18. The van der Waals surface area contributed by atoms with Crippen LogP contribution in [0.1, 0.15) is 36.8 Å². The minimum atomic E-state index is -0.388. The summed E-state index contributed by atoms with van der Waals surface area (Å²) in [5, 5.41) is 5.86. The zero-order valence-electron chi connectivity index (χ0n) is 16.0. The molecule has 2 aromatic rings. The molecule has 0 spiro atoms. The van der Waals surface area contributed by atoms with Gasteiger partial charge in [-0.3, -0.25) is 9.78 Å². The Hall–Kier alpha value is -2.89. The van der Waals surface area contributed by atoms with Gasteiger partial charge in [0.15, 0.2) is 0 Å². The van der Waals surface area contributed by atoms with Crippen LogP contribution in [0.2, 0.25) is 0 Å². The summed E-state index contributed by atoms with van der Waals surface area (Å²) >= 11 is 0. The highest BCUT2D eigenvalue weighted by Gasteiger charge is 2.26. The van der Waals surface area contributed by atoms with Crippen molar-refractivity contribution in [2.45, 2.75) is 38.8 Å². The predicted molar refractivity (Wildman–Crippen MR) is 106 cm³/mol. The van der Waals surface area contributed by atoms with Crippen molar-refractivity contribution < 1.29 is 14.3 Å². The highest BCUT2D eigenvalue weighted by molar-refractivity contribution is 5.78. The van der Waals surface area contributed by atoms with Crippen molar-refractivity contribution in [2.75, 3.05) is 6.54 Å². The number of amides is 2. The molecular weight excluding hydrogens is 354 g/mol. The maximum atomic E-state index is 12.3. The molecule has 1 aliphatic carbocycles. The summed E-state index contributed by atoms with van der Waals surface area (Å²) in [6.07, 6.45) is 6.65. The number of ether oxygens (including phenoxy) is 1. The molecule has 1 fully saturated rings. The number of nitrogens with zero attached hydrogens (tertiary/aromatic N) is 1. The normalized spacial score (nSPS) is 18.9. The number of alkyl carbamates (subject to hydrolysis) is 1. The van der Waals surface area contributed by atoms with Crippen molar-refractivity contribution in [3.63, 3.8) is 0 Å². The molecule has 1 saturated carbocycles. The van der Waals surface area contributed by atoms with Crippen LogP contribution in [0, 0.1) is 11.8 Å². The van der Waals surface area contributed by atoms with E-state index >= 15 is 0 Å². The summed E-state index contributed by atoms with van der Waals surface area (Å²) in [6, 6.07) is 13.4. The van der Waals surface area contributed by atoms with Crippen LogP contribution >= 0.6 is 0 Å². The van der Waals surface area contributed by atoms with Crippen molar-refractivity contribution in [1.82, 2.24) is 15.6 Å². The van der Waals surface area contributed by atoms with Gasteiger partial charge in [0.05, 0.1) is 0 Å². The molecule has 0 unspecified atom stereocenters. The topological polar surface area (TPSA) is 80.3 Å². The van der Waals surface area contributed by atoms with Gasteiger partial charge >= 0.3 is 6.09 Å². The first-order chi connectivity index (χ1) is 13.7. The molecule has 0 saturated heterocycles. The highest BCUT2D eigenvalue weighted by Crippen LogP contribution is 2.28. The molecule has 2 amide bonds. The second-order valence-corrected chi connectivity index (χ2v) is 7.23. The maximum absolute atomic E-state index is 12.3. The fourth-order valence-electron chi connectivity index (χ4n) is 3.46. The highest BCUT2D eigenvalue weighted by atomic mass is 16.5. The van der Waals surface area contributed by atoms with Crippen molar-refractivity contribution in [2.24, 2.45) is 11.8 Å². The third-order valence-electron chi connectivity index (χ3n) is 5.18. The second-order valence-electron chi connectivity index (χ2n) is 7.23. The first-order valence-electron chi connectivity index (χ1n) is 9.82. The molecule has 3 rings (SSSR count). The summed E-state index contributed by atoms with van der Waals surface area (Å²) < 4.78 is 5.23. The Labute approximate surface area is 165 Å². The number of hydrogen-bond donors (Lipinski definition) is 2. The zero-order valence-corrected chi connectivity index (χ0v) is 16.0. The lowest BCUT2D eigenvalue weighted by atomic mass is 9.81. The van der Waals surface area contributed by atoms with E-state index in [1.165, 1.54) is 0 Å². The van der Waals surface area contributed by atoms with Gasteiger partial charge in [0.25, 0.3) is 0 Å². The number of benzene rings is 1. The van der Waals surface area contributed by atoms with Crippen LogP contribution < -0.4 is 10.6 Å². The minimum absolute atomic E-state index is 0.0584. The Bertz CT molecular complexity index is 744. The summed E-state index contributed by atoms with van der Waals surface area (Å²) in [7, 11) is 0. The van der Waals surface area contributed by atoms with Crippen LogP contribution in [0.25, 0.3) is 0 Å². The lowest BCUT2D eigenvalue weighted by Crippen LogP contribution is -2.36. The molecule has 0 aliphatic heterocycles. The Balaban J connectivity index is 1.30. The molecule has 1 aliphatic rings. The molecule has 0 atom stereocenters. The lowest BCUT2D eigenvalue weighted by molar-refractivity contribution is -0.126. The largest absolute Gasteiger partial charge is 0.445 e. The molecule has 0 radical (unpaired) electrons. The van der Waals surface area contributed by atoms with Crippen LogP contribution in [0.15, 0.2) is 54.9 Å². The summed E-state index contributed by atoms with van der Waals surface area (Å²) in [5.74, 6) is 0.571. The lowest BCUT2D eigenvalue weighted by Gasteiger charge is -2.27. The number of nitrogens with one attached hydrogen (secondary N) is 2. The van der Waals surface area contributed by atoms with Crippen molar-refractivity contribution in [1.29, 1.82) is 0 Å². The van der Waals surface area contributed by atoms with Gasteiger partial charge in [0.1, 0.15) is 6.61 Å². The second kappa shape index (κ2) is 10.4. The van der Waals surface area contributed by atoms with E-state index in [0.717, 1.165) is 36.8 Å². The number of rotatable bonds is 7. The van der Waals surface area contributed by atoms with Crippen LogP contribution in [-0.2, 0) is 22.7 Å². The number of carbonyl (C=O) groups excluding carboxylic acids is 2. The van der Waals surface area contributed by atoms with Crippen LogP contribution in [0.3, 0.4) is 0 Å². The number of carbonyl (C=O) groups is 2. The van der Waals surface area contributed by atoms with Gasteiger partial charge in [0.2, 0.25) is 5.91 Å². The molecular formula is C22H27N3O3. The summed E-state index contributed by atoms with van der Waals surface area (Å²) in [6.45, 7) is 1.41. The number of hydrogen-bond acceptors (Lipinski definition) is 4. The first kappa shape index (κ1) is 19.9. The van der Waals surface area contributed by atoms with Crippen LogP contribution in [0.5, 0.6) is 0 Å².